The van der Waals surface area contributed by atoms with Crippen LogP contribution in [0.25, 0.3) is 10.2 Å². The van der Waals surface area contributed by atoms with Crippen molar-refractivity contribution in [2.75, 3.05) is 11.4 Å². The van der Waals surface area contributed by atoms with Crippen LogP contribution in [0.3, 0.4) is 0 Å². The quantitative estimate of drug-likeness (QED) is 0.451. The normalized spacial score (nSPS) is 11.1. The number of aryl methyl sites for hydroxylation is 1. The molecule has 5 nitrogen and oxygen atoms in total. The number of aromatic nitrogens is 3. The third kappa shape index (κ3) is 4.48. The molecule has 2 aromatic carbocycles. The van der Waals surface area contributed by atoms with Crippen molar-refractivity contribution in [3.05, 3.63) is 78.4 Å². The Bertz CT molecular complexity index is 1110. The van der Waals surface area contributed by atoms with E-state index >= 15 is 0 Å². The number of halogens is 2. The standard InChI is InChI=1S/C21H18F2N4OS/c22-16-7-5-15(6-8-16)13-19(28)27(11-2-10-26-12-9-24-14-26)21-25-20-17(23)3-1-4-18(20)29-21/h1,3-9,12,14H,2,10-11,13H2. The van der Waals surface area contributed by atoms with Crippen LogP contribution in [0.5, 0.6) is 0 Å². The SMILES string of the molecule is O=C(Cc1ccc(F)cc1)N(CCCn1ccnc1)c1nc2c(F)cccc2s1. The summed E-state index contributed by atoms with van der Waals surface area (Å²) in [5, 5.41) is 0.461. The molecule has 0 radical (unpaired) electrons. The first-order chi connectivity index (χ1) is 14.1. The summed E-state index contributed by atoms with van der Waals surface area (Å²) in [6, 6.07) is 10.6. The van der Waals surface area contributed by atoms with E-state index in [2.05, 4.69) is 9.97 Å². The maximum Gasteiger partial charge on any atom is 0.233 e. The topological polar surface area (TPSA) is 51.0 Å². The van der Waals surface area contributed by atoms with Crippen molar-refractivity contribution in [1.82, 2.24) is 14.5 Å². The van der Waals surface area contributed by atoms with E-state index in [-0.39, 0.29) is 23.7 Å². The summed E-state index contributed by atoms with van der Waals surface area (Å²) >= 11 is 1.28. The van der Waals surface area contributed by atoms with Gasteiger partial charge in [-0.3, -0.25) is 9.69 Å². The van der Waals surface area contributed by atoms with Crippen LogP contribution in [-0.4, -0.2) is 27.0 Å². The van der Waals surface area contributed by atoms with Gasteiger partial charge in [-0.15, -0.1) is 0 Å². The molecular formula is C21H18F2N4OS. The van der Waals surface area contributed by atoms with E-state index in [0.717, 1.165) is 0 Å². The Balaban J connectivity index is 1.57. The van der Waals surface area contributed by atoms with Gasteiger partial charge in [-0.25, -0.2) is 18.7 Å². The molecule has 0 unspecified atom stereocenters. The van der Waals surface area contributed by atoms with Gasteiger partial charge in [0.2, 0.25) is 5.91 Å². The minimum absolute atomic E-state index is 0.115. The molecule has 148 valence electrons. The molecule has 0 saturated heterocycles. The number of nitrogens with zero attached hydrogens (tertiary/aromatic N) is 4. The van der Waals surface area contributed by atoms with Gasteiger partial charge in [0.25, 0.3) is 0 Å². The maximum atomic E-state index is 14.1. The van der Waals surface area contributed by atoms with Gasteiger partial charge >= 0.3 is 0 Å². The summed E-state index contributed by atoms with van der Waals surface area (Å²) in [7, 11) is 0. The molecule has 1 amide bonds. The van der Waals surface area contributed by atoms with Crippen molar-refractivity contribution >= 4 is 32.6 Å². The van der Waals surface area contributed by atoms with Crippen molar-refractivity contribution < 1.29 is 13.6 Å². The molecule has 4 rings (SSSR count). The summed E-state index contributed by atoms with van der Waals surface area (Å²) in [4.78, 5) is 23.0. The van der Waals surface area contributed by atoms with E-state index in [1.165, 1.54) is 29.5 Å². The first-order valence-electron chi connectivity index (χ1n) is 9.16. The Morgan fingerprint density at radius 3 is 2.69 bits per heavy atom. The number of anilines is 1. The van der Waals surface area contributed by atoms with E-state index in [1.807, 2.05) is 10.8 Å². The van der Waals surface area contributed by atoms with Crippen molar-refractivity contribution in [3.8, 4) is 0 Å². The highest BCUT2D eigenvalue weighted by Gasteiger charge is 2.21. The average Bonchev–Trinajstić information content (AvgIpc) is 3.37. The fourth-order valence-electron chi connectivity index (χ4n) is 3.05. The zero-order valence-electron chi connectivity index (χ0n) is 15.5. The number of carbonyl (C=O) groups excluding carboxylic acids is 1. The first kappa shape index (κ1) is 19.2. The predicted octanol–water partition coefficient (Wildman–Crippen LogP) is 4.44. The Morgan fingerprint density at radius 1 is 1.14 bits per heavy atom. The van der Waals surface area contributed by atoms with Gasteiger partial charge in [-0.2, -0.15) is 0 Å². The Labute approximate surface area is 170 Å². The van der Waals surface area contributed by atoms with Crippen LogP contribution < -0.4 is 4.90 Å². The van der Waals surface area contributed by atoms with E-state index in [1.54, 1.807) is 41.7 Å². The molecule has 0 saturated carbocycles. The minimum atomic E-state index is -0.408. The first-order valence-corrected chi connectivity index (χ1v) is 9.97. The molecule has 2 heterocycles. The van der Waals surface area contributed by atoms with Crippen molar-refractivity contribution in [3.63, 3.8) is 0 Å². The molecule has 0 spiro atoms. The number of hydrogen-bond donors (Lipinski definition) is 0. The predicted molar refractivity (Wildman–Crippen MR) is 109 cm³/mol. The second-order valence-corrected chi connectivity index (χ2v) is 7.59. The molecule has 0 aliphatic carbocycles. The van der Waals surface area contributed by atoms with Gasteiger partial charge in [0.1, 0.15) is 17.2 Å². The molecule has 4 aromatic rings. The van der Waals surface area contributed by atoms with E-state index in [0.29, 0.717) is 34.9 Å². The van der Waals surface area contributed by atoms with E-state index < -0.39 is 5.82 Å². The number of benzene rings is 2. The third-order valence-corrected chi connectivity index (χ3v) is 5.56. The van der Waals surface area contributed by atoms with Crippen LogP contribution in [0, 0.1) is 11.6 Å². The monoisotopic (exact) mass is 412 g/mol. The number of imidazole rings is 1. The van der Waals surface area contributed by atoms with Crippen LogP contribution in [-0.2, 0) is 17.8 Å². The van der Waals surface area contributed by atoms with Gasteiger partial charge in [-0.1, -0.05) is 29.5 Å². The van der Waals surface area contributed by atoms with Gasteiger partial charge in [-0.05, 0) is 36.2 Å². The van der Waals surface area contributed by atoms with E-state index in [4.69, 9.17) is 0 Å². The highest BCUT2D eigenvalue weighted by molar-refractivity contribution is 7.22. The molecule has 0 bridgehead atoms. The molecule has 0 aliphatic heterocycles. The second-order valence-electron chi connectivity index (χ2n) is 6.59. The number of amides is 1. The maximum absolute atomic E-state index is 14.1. The summed E-state index contributed by atoms with van der Waals surface area (Å²) in [6.45, 7) is 1.12. The molecule has 29 heavy (non-hydrogen) atoms. The van der Waals surface area contributed by atoms with Gasteiger partial charge in [0, 0.05) is 25.5 Å². The fraction of sp³-hybridized carbons (Fsp3) is 0.190. The zero-order chi connectivity index (χ0) is 20.2. The fourth-order valence-corrected chi connectivity index (χ4v) is 4.07. The average molecular weight is 412 g/mol. The lowest BCUT2D eigenvalue weighted by atomic mass is 10.1. The van der Waals surface area contributed by atoms with Gasteiger partial charge < -0.3 is 4.57 Å². The number of rotatable bonds is 7. The van der Waals surface area contributed by atoms with Crippen LogP contribution in [0.4, 0.5) is 13.9 Å². The molecular weight excluding hydrogens is 394 g/mol. The van der Waals surface area contributed by atoms with Crippen molar-refractivity contribution in [2.45, 2.75) is 19.4 Å². The van der Waals surface area contributed by atoms with Gasteiger partial charge in [0.05, 0.1) is 17.4 Å². The molecule has 0 fully saturated rings. The number of carbonyl (C=O) groups is 1. The molecule has 2 aromatic heterocycles. The van der Waals surface area contributed by atoms with E-state index in [9.17, 15) is 13.6 Å². The highest BCUT2D eigenvalue weighted by atomic mass is 32.1. The number of thiazole rings is 1. The van der Waals surface area contributed by atoms with Crippen LogP contribution in [0.2, 0.25) is 0 Å². The third-order valence-electron chi connectivity index (χ3n) is 4.52. The number of fused-ring (bicyclic) bond motifs is 1. The van der Waals surface area contributed by atoms with Crippen LogP contribution in [0.15, 0.2) is 61.2 Å². The molecule has 0 atom stereocenters. The van der Waals surface area contributed by atoms with Gasteiger partial charge in [0.15, 0.2) is 5.13 Å². The Kier molecular flexibility index (Phi) is 5.62. The second kappa shape index (κ2) is 8.48. The van der Waals surface area contributed by atoms with Crippen LogP contribution in [0.1, 0.15) is 12.0 Å². The lowest BCUT2D eigenvalue weighted by Gasteiger charge is -2.20. The zero-order valence-corrected chi connectivity index (χ0v) is 16.3. The lowest BCUT2D eigenvalue weighted by molar-refractivity contribution is -0.118. The summed E-state index contributed by atoms with van der Waals surface area (Å²) in [5.41, 5.74) is 0.977. The minimum Gasteiger partial charge on any atom is -0.337 e. The summed E-state index contributed by atoms with van der Waals surface area (Å²) < 4.78 is 29.9. The van der Waals surface area contributed by atoms with Crippen molar-refractivity contribution in [2.24, 2.45) is 0 Å². The largest absolute Gasteiger partial charge is 0.337 e. The highest BCUT2D eigenvalue weighted by Crippen LogP contribution is 2.30. The Morgan fingerprint density at radius 2 is 1.97 bits per heavy atom. The van der Waals surface area contributed by atoms with Crippen molar-refractivity contribution in [1.29, 1.82) is 0 Å². The smallest absolute Gasteiger partial charge is 0.233 e. The molecule has 8 heteroatoms. The van der Waals surface area contributed by atoms with Crippen LogP contribution >= 0.6 is 11.3 Å². The number of para-hydroxylation sites is 1. The molecule has 0 N–H and O–H groups in total. The molecule has 0 aliphatic rings. The summed E-state index contributed by atoms with van der Waals surface area (Å²) in [6.07, 6.45) is 6.08. The lowest BCUT2D eigenvalue weighted by Crippen LogP contribution is -2.33. The summed E-state index contributed by atoms with van der Waals surface area (Å²) in [5.74, 6) is -0.920. The Hall–Kier alpha value is -3.13. The number of hydrogen-bond acceptors (Lipinski definition) is 4.